The second-order valence-corrected chi connectivity index (χ2v) is 9.77. The minimum absolute atomic E-state index is 0.0574. The lowest BCUT2D eigenvalue weighted by atomic mass is 9.91. The van der Waals surface area contributed by atoms with E-state index in [1.165, 1.54) is 6.07 Å². The minimum atomic E-state index is -0.0574. The Balaban J connectivity index is 1.63. The van der Waals surface area contributed by atoms with Gasteiger partial charge in [-0.3, -0.25) is 9.78 Å². The van der Waals surface area contributed by atoms with E-state index in [0.717, 1.165) is 60.7 Å². The third kappa shape index (κ3) is 4.17. The van der Waals surface area contributed by atoms with E-state index in [-0.39, 0.29) is 34.6 Å². The van der Waals surface area contributed by atoms with Gasteiger partial charge in [-0.1, -0.05) is 29.3 Å². The molecule has 2 aliphatic carbocycles. The van der Waals surface area contributed by atoms with E-state index in [9.17, 15) is 9.90 Å². The number of phenolic OH excluding ortho intramolecular Hbond substituents is 1. The van der Waals surface area contributed by atoms with E-state index in [1.54, 1.807) is 12.3 Å². The molecule has 1 heterocycles. The highest BCUT2D eigenvalue weighted by Gasteiger charge is 2.33. The molecule has 0 aliphatic heterocycles. The Kier molecular flexibility index (Phi) is 5.74. The molecular weight excluding hydrogens is 445 g/mol. The van der Waals surface area contributed by atoms with Gasteiger partial charge in [-0.25, -0.2) is 0 Å². The van der Waals surface area contributed by atoms with Gasteiger partial charge in [0.15, 0.2) is 5.78 Å². The molecule has 3 aromatic rings. The highest BCUT2D eigenvalue weighted by atomic mass is 35.5. The number of aromatic hydroxyl groups is 1. The van der Waals surface area contributed by atoms with E-state index < -0.39 is 0 Å². The van der Waals surface area contributed by atoms with Crippen LogP contribution in [-0.4, -0.2) is 28.0 Å². The van der Waals surface area contributed by atoms with E-state index in [2.05, 4.69) is 10.3 Å². The number of anilines is 1. The molecule has 0 spiro atoms. The van der Waals surface area contributed by atoms with Crippen LogP contribution in [0.15, 0.2) is 36.5 Å². The summed E-state index contributed by atoms with van der Waals surface area (Å²) in [5.74, 6) is 0.201. The van der Waals surface area contributed by atoms with Gasteiger partial charge >= 0.3 is 0 Å². The van der Waals surface area contributed by atoms with Gasteiger partial charge in [0.05, 0.1) is 26.8 Å². The predicted octanol–water partition coefficient (Wildman–Crippen LogP) is 6.19. The zero-order valence-electron chi connectivity index (χ0n) is 17.6. The number of aromatic nitrogens is 1. The van der Waals surface area contributed by atoms with Crippen molar-refractivity contribution in [3.63, 3.8) is 0 Å². The first-order chi connectivity index (χ1) is 15.4. The van der Waals surface area contributed by atoms with E-state index in [1.807, 2.05) is 18.2 Å². The van der Waals surface area contributed by atoms with Crippen LogP contribution in [0.5, 0.6) is 5.75 Å². The molecule has 5 nitrogen and oxygen atoms in total. The highest BCUT2D eigenvalue weighted by molar-refractivity contribution is 6.36. The Bertz CT molecular complexity index is 1200. The second-order valence-electron chi connectivity index (χ2n) is 8.96. The largest absolute Gasteiger partial charge is 0.506 e. The van der Waals surface area contributed by atoms with E-state index in [0.29, 0.717) is 16.1 Å². The van der Waals surface area contributed by atoms with Gasteiger partial charge in [0.1, 0.15) is 5.75 Å². The second kappa shape index (κ2) is 8.54. The van der Waals surface area contributed by atoms with Crippen molar-refractivity contribution in [2.24, 2.45) is 11.7 Å². The third-order valence-electron chi connectivity index (χ3n) is 6.55. The molecule has 0 saturated heterocycles. The van der Waals surface area contributed by atoms with Crippen LogP contribution < -0.4 is 11.1 Å². The van der Waals surface area contributed by atoms with Crippen LogP contribution >= 0.6 is 23.2 Å². The third-order valence-corrected chi connectivity index (χ3v) is 7.16. The summed E-state index contributed by atoms with van der Waals surface area (Å²) in [6.45, 7) is 0. The van der Waals surface area contributed by atoms with Crippen LogP contribution in [0.2, 0.25) is 10.0 Å². The number of hydrogen-bond acceptors (Lipinski definition) is 5. The van der Waals surface area contributed by atoms with Crippen molar-refractivity contribution >= 4 is 45.6 Å². The number of Topliss-reactive ketones (excluding diaryl/α,β-unsaturated/α-hetero) is 1. The number of ketones is 1. The Hall–Kier alpha value is -2.34. The summed E-state index contributed by atoms with van der Waals surface area (Å²) in [4.78, 5) is 17.7. The molecule has 1 aromatic heterocycles. The quantitative estimate of drug-likeness (QED) is 0.387. The van der Waals surface area contributed by atoms with Crippen LogP contribution in [0.25, 0.3) is 22.0 Å². The summed E-state index contributed by atoms with van der Waals surface area (Å²) in [5.41, 5.74) is 9.95. The highest BCUT2D eigenvalue weighted by Crippen LogP contribution is 2.40. The fourth-order valence-corrected chi connectivity index (χ4v) is 4.92. The molecule has 0 atom stereocenters. The fourth-order valence-electron chi connectivity index (χ4n) is 4.49. The van der Waals surface area contributed by atoms with Crippen molar-refractivity contribution in [1.29, 1.82) is 0 Å². The molecule has 2 aliphatic rings. The molecule has 166 valence electrons. The number of carbonyl (C=O) groups excluding carboxylic acids is 1. The van der Waals surface area contributed by atoms with Crippen molar-refractivity contribution < 1.29 is 9.90 Å². The van der Waals surface area contributed by atoms with Gasteiger partial charge < -0.3 is 16.2 Å². The number of nitrogens with one attached hydrogen (secondary N) is 1. The molecule has 0 radical (unpaired) electrons. The first kappa shape index (κ1) is 21.5. The van der Waals surface area contributed by atoms with Crippen LogP contribution in [0, 0.1) is 5.92 Å². The maximum Gasteiger partial charge on any atom is 0.169 e. The summed E-state index contributed by atoms with van der Waals surface area (Å²) >= 11 is 12.6. The molecule has 0 bridgehead atoms. The minimum Gasteiger partial charge on any atom is -0.506 e. The first-order valence-electron chi connectivity index (χ1n) is 11.1. The molecule has 2 saturated carbocycles. The Morgan fingerprint density at radius 1 is 1.03 bits per heavy atom. The topological polar surface area (TPSA) is 88.2 Å². The lowest BCUT2D eigenvalue weighted by molar-refractivity contribution is 0.0968. The molecule has 32 heavy (non-hydrogen) atoms. The maximum absolute atomic E-state index is 13.1. The van der Waals surface area contributed by atoms with Crippen molar-refractivity contribution in [2.75, 3.05) is 5.32 Å². The summed E-state index contributed by atoms with van der Waals surface area (Å²) in [5, 5.41) is 15.1. The molecule has 0 unspecified atom stereocenters. The van der Waals surface area contributed by atoms with Crippen molar-refractivity contribution in [2.45, 2.75) is 50.6 Å². The Morgan fingerprint density at radius 2 is 1.78 bits per heavy atom. The number of hydrogen-bond donors (Lipinski definition) is 3. The van der Waals surface area contributed by atoms with E-state index in [4.69, 9.17) is 28.9 Å². The standard InChI is InChI=1S/C25H25Cl2N3O2/c26-20-11-23(31)21(27)10-17(20)14-3-8-22-18(9-14)24(30-16-6-4-15(28)5-7-16)19(12-29-22)25(32)13-1-2-13/h3,8-13,15-16,31H,1-2,4-7,28H2,(H,29,30)/t15-,16-. The van der Waals surface area contributed by atoms with Crippen molar-refractivity contribution in [1.82, 2.24) is 4.98 Å². The lowest BCUT2D eigenvalue weighted by Crippen LogP contribution is -2.33. The maximum atomic E-state index is 13.1. The summed E-state index contributed by atoms with van der Waals surface area (Å²) in [6.07, 6.45) is 7.48. The average Bonchev–Trinajstić information content (AvgIpc) is 3.63. The smallest absolute Gasteiger partial charge is 0.169 e. The van der Waals surface area contributed by atoms with Crippen LogP contribution in [0.4, 0.5) is 5.69 Å². The molecule has 4 N–H and O–H groups in total. The zero-order valence-corrected chi connectivity index (χ0v) is 19.1. The summed E-state index contributed by atoms with van der Waals surface area (Å²) in [7, 11) is 0. The average molecular weight is 470 g/mol. The van der Waals surface area contributed by atoms with Gasteiger partial charge in [0.2, 0.25) is 0 Å². The van der Waals surface area contributed by atoms with Gasteiger partial charge in [0, 0.05) is 41.2 Å². The number of pyridine rings is 1. The number of phenols is 1. The number of rotatable bonds is 5. The van der Waals surface area contributed by atoms with Gasteiger partial charge in [-0.05, 0) is 62.3 Å². The number of halogens is 2. The normalized spacial score (nSPS) is 21.0. The molecular formula is C25H25Cl2N3O2. The van der Waals surface area contributed by atoms with Crippen LogP contribution in [0.3, 0.4) is 0 Å². The van der Waals surface area contributed by atoms with Crippen LogP contribution in [0.1, 0.15) is 48.9 Å². The van der Waals surface area contributed by atoms with Gasteiger partial charge in [-0.2, -0.15) is 0 Å². The SMILES string of the molecule is N[C@H]1CC[C@H](Nc2c(C(=O)C3CC3)cnc3ccc(-c4cc(Cl)c(O)cc4Cl)cc23)CC1. The van der Waals surface area contributed by atoms with Crippen molar-refractivity contribution in [3.05, 3.63) is 52.1 Å². The number of nitrogens with two attached hydrogens (primary N) is 1. The Morgan fingerprint density at radius 3 is 2.50 bits per heavy atom. The van der Waals surface area contributed by atoms with Gasteiger partial charge in [-0.15, -0.1) is 0 Å². The lowest BCUT2D eigenvalue weighted by Gasteiger charge is -2.29. The fraction of sp³-hybridized carbons (Fsp3) is 0.360. The first-order valence-corrected chi connectivity index (χ1v) is 11.8. The monoisotopic (exact) mass is 469 g/mol. The zero-order chi connectivity index (χ0) is 22.4. The van der Waals surface area contributed by atoms with Gasteiger partial charge in [0.25, 0.3) is 0 Å². The van der Waals surface area contributed by atoms with Crippen molar-refractivity contribution in [3.8, 4) is 16.9 Å². The van der Waals surface area contributed by atoms with Crippen LogP contribution in [-0.2, 0) is 0 Å². The Labute approximate surface area is 196 Å². The summed E-state index contributed by atoms with van der Waals surface area (Å²) in [6, 6.07) is 9.47. The molecule has 5 rings (SSSR count). The number of fused-ring (bicyclic) bond motifs is 1. The molecule has 2 aromatic carbocycles. The molecule has 7 heteroatoms. The predicted molar refractivity (Wildman–Crippen MR) is 130 cm³/mol. The summed E-state index contributed by atoms with van der Waals surface area (Å²) < 4.78 is 0. The number of nitrogens with zero attached hydrogens (tertiary/aromatic N) is 1. The molecule has 2 fully saturated rings. The number of benzene rings is 2. The molecule has 0 amide bonds. The number of carbonyl (C=O) groups is 1. The van der Waals surface area contributed by atoms with E-state index >= 15 is 0 Å².